The Kier molecular flexibility index (Phi) is 3.39. The summed E-state index contributed by atoms with van der Waals surface area (Å²) in [5.74, 6) is -1.00. The van der Waals surface area contributed by atoms with Gasteiger partial charge in [-0.25, -0.2) is 9.37 Å². The smallest absolute Gasteiger partial charge is 0.275 e. The van der Waals surface area contributed by atoms with Crippen LogP contribution in [0, 0.1) is 5.82 Å². The topological polar surface area (TPSA) is 68.0 Å². The Morgan fingerprint density at radius 3 is 2.88 bits per heavy atom. The third-order valence-corrected chi connectivity index (χ3v) is 3.10. The highest BCUT2D eigenvalue weighted by atomic mass is 79.9. The zero-order valence-corrected chi connectivity index (χ0v) is 10.8. The molecule has 1 aromatic carbocycles. The van der Waals surface area contributed by atoms with Gasteiger partial charge in [0.2, 0.25) is 0 Å². The molecular weight excluding hydrogens is 309 g/mol. The summed E-state index contributed by atoms with van der Waals surface area (Å²) in [6.07, 6.45) is 0. The fourth-order valence-corrected chi connectivity index (χ4v) is 2.05. The third-order valence-electron chi connectivity index (χ3n) is 1.93. The number of nitrogens with one attached hydrogen (secondary N) is 1. The number of amides is 1. The Morgan fingerprint density at radius 1 is 1.53 bits per heavy atom. The molecule has 0 aliphatic rings. The van der Waals surface area contributed by atoms with Crippen molar-refractivity contribution in [2.45, 2.75) is 0 Å². The first-order valence-corrected chi connectivity index (χ1v) is 6.21. The maximum absolute atomic E-state index is 13.4. The number of hydrogen-bond donors (Lipinski definition) is 2. The fraction of sp³-hybridized carbons (Fsp3) is 0. The second kappa shape index (κ2) is 4.80. The molecule has 2 aromatic rings. The molecule has 7 heteroatoms. The van der Waals surface area contributed by atoms with E-state index >= 15 is 0 Å². The molecule has 0 radical (unpaired) electrons. The van der Waals surface area contributed by atoms with Crippen molar-refractivity contribution < 1.29 is 9.18 Å². The third kappa shape index (κ3) is 2.80. The molecule has 0 aliphatic carbocycles. The van der Waals surface area contributed by atoms with E-state index in [2.05, 4.69) is 26.2 Å². The lowest BCUT2D eigenvalue weighted by Crippen LogP contribution is -2.13. The molecule has 0 fully saturated rings. The Balaban J connectivity index is 2.18. The van der Waals surface area contributed by atoms with Crippen LogP contribution in [0.5, 0.6) is 0 Å². The molecule has 1 heterocycles. The molecule has 17 heavy (non-hydrogen) atoms. The minimum Gasteiger partial charge on any atom is -0.375 e. The van der Waals surface area contributed by atoms with Gasteiger partial charge in [0.15, 0.2) is 5.13 Å². The number of hydrogen-bond acceptors (Lipinski definition) is 4. The normalized spacial score (nSPS) is 10.2. The van der Waals surface area contributed by atoms with Crippen molar-refractivity contribution in [2.24, 2.45) is 0 Å². The molecule has 0 atom stereocenters. The molecule has 0 spiro atoms. The number of aromatic nitrogens is 1. The molecule has 0 saturated heterocycles. The second-order valence-corrected chi connectivity index (χ2v) is 4.95. The van der Waals surface area contributed by atoms with Crippen molar-refractivity contribution >= 4 is 44.0 Å². The molecule has 1 amide bonds. The van der Waals surface area contributed by atoms with E-state index in [1.54, 1.807) is 6.07 Å². The lowest BCUT2D eigenvalue weighted by atomic mass is 10.3. The van der Waals surface area contributed by atoms with Crippen LogP contribution in [0.3, 0.4) is 0 Å². The molecule has 0 bridgehead atoms. The Morgan fingerprint density at radius 2 is 2.29 bits per heavy atom. The van der Waals surface area contributed by atoms with Crippen LogP contribution in [-0.4, -0.2) is 10.9 Å². The summed E-state index contributed by atoms with van der Waals surface area (Å²) in [7, 11) is 0. The number of anilines is 2. The maximum atomic E-state index is 13.4. The van der Waals surface area contributed by atoms with Crippen LogP contribution in [-0.2, 0) is 0 Å². The van der Waals surface area contributed by atoms with E-state index in [4.69, 9.17) is 5.73 Å². The van der Waals surface area contributed by atoms with E-state index < -0.39 is 11.7 Å². The molecular formula is C10H7BrFN3OS. The Labute approximate surface area is 109 Å². The highest BCUT2D eigenvalue weighted by molar-refractivity contribution is 9.10. The first-order valence-electron chi connectivity index (χ1n) is 4.53. The summed E-state index contributed by atoms with van der Waals surface area (Å²) in [6.45, 7) is 0. The lowest BCUT2D eigenvalue weighted by molar-refractivity contribution is 0.102. The molecule has 2 rings (SSSR count). The summed E-state index contributed by atoms with van der Waals surface area (Å²) < 4.78 is 14.0. The van der Waals surface area contributed by atoms with Gasteiger partial charge in [-0.2, -0.15) is 0 Å². The van der Waals surface area contributed by atoms with Gasteiger partial charge in [0.05, 0.1) is 5.69 Å². The Hall–Kier alpha value is -1.47. The van der Waals surface area contributed by atoms with E-state index in [-0.39, 0.29) is 11.4 Å². The number of nitrogen functional groups attached to an aromatic ring is 1. The predicted molar refractivity (Wildman–Crippen MR) is 68.6 cm³/mol. The number of nitrogens with two attached hydrogens (primary N) is 1. The number of halogens is 2. The molecule has 3 N–H and O–H groups in total. The van der Waals surface area contributed by atoms with E-state index in [0.717, 1.165) is 11.3 Å². The molecule has 0 aliphatic heterocycles. The molecule has 0 unspecified atom stereocenters. The van der Waals surface area contributed by atoms with Gasteiger partial charge in [-0.3, -0.25) is 4.79 Å². The van der Waals surface area contributed by atoms with Gasteiger partial charge < -0.3 is 11.1 Å². The summed E-state index contributed by atoms with van der Waals surface area (Å²) in [5.41, 5.74) is 5.68. The zero-order valence-electron chi connectivity index (χ0n) is 8.41. The lowest BCUT2D eigenvalue weighted by Gasteiger charge is -2.04. The SMILES string of the molecule is Nc1nc(C(=O)Nc2ccc(Br)cc2F)cs1. The molecule has 88 valence electrons. The zero-order chi connectivity index (χ0) is 12.4. The first-order chi connectivity index (χ1) is 8.06. The van der Waals surface area contributed by atoms with Gasteiger partial charge in [-0.1, -0.05) is 15.9 Å². The number of benzene rings is 1. The Bertz CT molecular complexity index is 572. The predicted octanol–water partition coefficient (Wildman–Crippen LogP) is 2.88. The number of nitrogens with zero attached hydrogens (tertiary/aromatic N) is 1. The van der Waals surface area contributed by atoms with Gasteiger partial charge in [-0.15, -0.1) is 11.3 Å². The summed E-state index contributed by atoms with van der Waals surface area (Å²) in [5, 5.41) is 4.23. The van der Waals surface area contributed by atoms with Crippen LogP contribution in [0.15, 0.2) is 28.1 Å². The van der Waals surface area contributed by atoms with Crippen LogP contribution in [0.4, 0.5) is 15.2 Å². The summed E-state index contributed by atoms with van der Waals surface area (Å²) in [4.78, 5) is 15.5. The van der Waals surface area contributed by atoms with Gasteiger partial charge >= 0.3 is 0 Å². The van der Waals surface area contributed by atoms with Crippen LogP contribution in [0.25, 0.3) is 0 Å². The second-order valence-electron chi connectivity index (χ2n) is 3.15. The van der Waals surface area contributed by atoms with Crippen LogP contribution in [0.1, 0.15) is 10.5 Å². The number of rotatable bonds is 2. The quantitative estimate of drug-likeness (QED) is 0.895. The number of carbonyl (C=O) groups excluding carboxylic acids is 1. The fourth-order valence-electron chi connectivity index (χ4n) is 1.17. The van der Waals surface area contributed by atoms with Gasteiger partial charge in [0, 0.05) is 9.85 Å². The summed E-state index contributed by atoms with van der Waals surface area (Å²) >= 11 is 4.29. The van der Waals surface area contributed by atoms with E-state index in [1.807, 2.05) is 0 Å². The van der Waals surface area contributed by atoms with Gasteiger partial charge in [0.1, 0.15) is 11.5 Å². The molecule has 0 saturated carbocycles. The standard InChI is InChI=1S/C10H7BrFN3OS/c11-5-1-2-7(6(12)3-5)14-9(16)8-4-17-10(13)15-8/h1-4H,(H2,13,15)(H,14,16). The van der Waals surface area contributed by atoms with Crippen molar-refractivity contribution in [2.75, 3.05) is 11.1 Å². The van der Waals surface area contributed by atoms with Crippen LogP contribution in [0.2, 0.25) is 0 Å². The highest BCUT2D eigenvalue weighted by Crippen LogP contribution is 2.20. The largest absolute Gasteiger partial charge is 0.375 e. The number of carbonyl (C=O) groups is 1. The van der Waals surface area contributed by atoms with Crippen LogP contribution < -0.4 is 11.1 Å². The molecule has 1 aromatic heterocycles. The first kappa shape index (κ1) is 12.0. The monoisotopic (exact) mass is 315 g/mol. The molecule has 4 nitrogen and oxygen atoms in total. The number of thiazole rings is 1. The average Bonchev–Trinajstić information content (AvgIpc) is 2.69. The van der Waals surface area contributed by atoms with Crippen molar-refractivity contribution in [1.82, 2.24) is 4.98 Å². The minimum atomic E-state index is -0.518. The maximum Gasteiger partial charge on any atom is 0.275 e. The van der Waals surface area contributed by atoms with Gasteiger partial charge in [-0.05, 0) is 18.2 Å². The van der Waals surface area contributed by atoms with Crippen molar-refractivity contribution in [3.63, 3.8) is 0 Å². The van der Waals surface area contributed by atoms with Crippen molar-refractivity contribution in [3.8, 4) is 0 Å². The van der Waals surface area contributed by atoms with E-state index in [9.17, 15) is 9.18 Å². The van der Waals surface area contributed by atoms with Crippen molar-refractivity contribution in [1.29, 1.82) is 0 Å². The minimum absolute atomic E-state index is 0.102. The average molecular weight is 316 g/mol. The summed E-state index contributed by atoms with van der Waals surface area (Å²) in [6, 6.07) is 4.37. The van der Waals surface area contributed by atoms with E-state index in [0.29, 0.717) is 9.60 Å². The van der Waals surface area contributed by atoms with E-state index in [1.165, 1.54) is 17.5 Å². The van der Waals surface area contributed by atoms with Crippen molar-refractivity contribution in [3.05, 3.63) is 39.6 Å². The van der Waals surface area contributed by atoms with Gasteiger partial charge in [0.25, 0.3) is 5.91 Å². The highest BCUT2D eigenvalue weighted by Gasteiger charge is 2.12. The van der Waals surface area contributed by atoms with Crippen LogP contribution >= 0.6 is 27.3 Å².